The number of phenolic OH excluding ortho intramolecular Hbond substituents is 1. The Hall–Kier alpha value is -3.57. The lowest BCUT2D eigenvalue weighted by Gasteiger charge is -2.25. The average molecular weight is 560 g/mol. The monoisotopic (exact) mass is 559 g/mol. The lowest BCUT2D eigenvalue weighted by Crippen LogP contribution is -2.41. The van der Waals surface area contributed by atoms with Gasteiger partial charge in [0.2, 0.25) is 10.0 Å². The number of phenols is 1. The zero-order valence-electron chi connectivity index (χ0n) is 21.2. The van der Waals surface area contributed by atoms with Crippen molar-refractivity contribution in [1.29, 1.82) is 0 Å². The van der Waals surface area contributed by atoms with Crippen molar-refractivity contribution in [3.8, 4) is 16.9 Å². The second-order valence-corrected chi connectivity index (χ2v) is 11.9. The summed E-state index contributed by atoms with van der Waals surface area (Å²) in [5.41, 5.74) is 1.35. The van der Waals surface area contributed by atoms with Gasteiger partial charge in [-0.1, -0.05) is 37.1 Å². The van der Waals surface area contributed by atoms with Gasteiger partial charge in [0, 0.05) is 24.2 Å². The van der Waals surface area contributed by atoms with E-state index in [9.17, 15) is 31.5 Å². The number of benzene rings is 3. The third kappa shape index (κ3) is 5.08. The number of carbonyl (C=O) groups is 1. The van der Waals surface area contributed by atoms with E-state index in [-0.39, 0.29) is 28.4 Å². The lowest BCUT2D eigenvalue weighted by atomic mass is 9.79. The summed E-state index contributed by atoms with van der Waals surface area (Å²) in [6.45, 7) is 0.608. The van der Waals surface area contributed by atoms with Gasteiger partial charge in [0.05, 0.1) is 10.5 Å². The first-order valence-electron chi connectivity index (χ1n) is 12.6. The van der Waals surface area contributed by atoms with Crippen molar-refractivity contribution in [2.24, 2.45) is 0 Å². The number of hydrogen-bond donors (Lipinski definition) is 3. The van der Waals surface area contributed by atoms with Gasteiger partial charge < -0.3 is 10.4 Å². The van der Waals surface area contributed by atoms with E-state index in [0.717, 1.165) is 42.9 Å². The number of amides is 2. The molecule has 2 amide bonds. The third-order valence-corrected chi connectivity index (χ3v) is 9.12. The minimum atomic E-state index is -4.64. The van der Waals surface area contributed by atoms with Crippen LogP contribution in [0.15, 0.2) is 65.6 Å². The van der Waals surface area contributed by atoms with Crippen molar-refractivity contribution in [2.45, 2.75) is 48.7 Å². The number of nitrogens with zero attached hydrogens (tertiary/aromatic N) is 1. The maximum Gasteiger partial charge on any atom is 0.417 e. The number of nitrogens with one attached hydrogen (secondary N) is 2. The first-order chi connectivity index (χ1) is 18.4. The molecular weight excluding hydrogens is 531 g/mol. The number of fused-ring (bicyclic) bond motifs is 2. The predicted molar refractivity (Wildman–Crippen MR) is 141 cm³/mol. The fraction of sp³-hybridized carbons (Fsp3) is 0.321. The van der Waals surface area contributed by atoms with Crippen molar-refractivity contribution in [3.63, 3.8) is 0 Å². The van der Waals surface area contributed by atoms with Crippen LogP contribution in [0.5, 0.6) is 5.75 Å². The number of anilines is 1. The molecule has 206 valence electrons. The minimum absolute atomic E-state index is 0.0251. The molecule has 0 atom stereocenters. The number of sulfonamides is 1. The van der Waals surface area contributed by atoms with Crippen LogP contribution < -0.4 is 14.9 Å². The molecule has 0 bridgehead atoms. The molecule has 1 heterocycles. The third-order valence-electron chi connectivity index (χ3n) is 7.69. The molecule has 5 rings (SSSR count). The second kappa shape index (κ2) is 9.87. The number of halogens is 3. The summed E-state index contributed by atoms with van der Waals surface area (Å²) in [5.74, 6) is -0.458. The van der Waals surface area contributed by atoms with Gasteiger partial charge in [0.25, 0.3) is 0 Å². The average Bonchev–Trinajstić information content (AvgIpc) is 3.52. The van der Waals surface area contributed by atoms with Crippen LogP contribution in [0.4, 0.5) is 23.7 Å². The van der Waals surface area contributed by atoms with Crippen molar-refractivity contribution in [2.75, 3.05) is 18.5 Å². The Morgan fingerprint density at radius 2 is 1.72 bits per heavy atom. The molecule has 0 aromatic heterocycles. The first-order valence-corrected chi connectivity index (χ1v) is 14.0. The first kappa shape index (κ1) is 27.0. The van der Waals surface area contributed by atoms with Gasteiger partial charge >= 0.3 is 12.2 Å². The van der Waals surface area contributed by atoms with Crippen molar-refractivity contribution >= 4 is 21.7 Å². The van der Waals surface area contributed by atoms with Crippen LogP contribution in [0.2, 0.25) is 0 Å². The molecule has 1 aliphatic heterocycles. The molecule has 0 unspecified atom stereocenters. The van der Waals surface area contributed by atoms with Crippen LogP contribution in [0.1, 0.15) is 42.4 Å². The molecule has 3 aromatic rings. The molecule has 1 saturated carbocycles. The van der Waals surface area contributed by atoms with Crippen molar-refractivity contribution < 1.29 is 31.5 Å². The van der Waals surface area contributed by atoms with E-state index in [1.807, 2.05) is 0 Å². The highest BCUT2D eigenvalue weighted by atomic mass is 32.2. The van der Waals surface area contributed by atoms with Gasteiger partial charge in [0.1, 0.15) is 5.75 Å². The Balaban J connectivity index is 1.42. The highest BCUT2D eigenvalue weighted by Crippen LogP contribution is 2.52. The number of urea groups is 1. The molecule has 1 spiro atoms. The topological polar surface area (TPSA) is 98.7 Å². The van der Waals surface area contributed by atoms with Gasteiger partial charge in [-0.25, -0.2) is 17.9 Å². The molecule has 7 nitrogen and oxygen atoms in total. The molecule has 0 radical (unpaired) electrons. The SMILES string of the molecule is CNS(=O)(=O)c1ccc(CNC(=O)N2CC3(CCCC3)c3cc(-c4ccc(O)cc4C(F)(F)F)ccc32)cc1. The molecule has 1 aliphatic carbocycles. The maximum absolute atomic E-state index is 13.8. The van der Waals surface area contributed by atoms with E-state index in [4.69, 9.17) is 0 Å². The van der Waals surface area contributed by atoms with Crippen LogP contribution in [0, 0.1) is 0 Å². The maximum atomic E-state index is 13.8. The quantitative estimate of drug-likeness (QED) is 0.383. The molecule has 1 fully saturated rings. The Labute approximate surface area is 224 Å². The number of rotatable bonds is 5. The van der Waals surface area contributed by atoms with Crippen LogP contribution in [0.25, 0.3) is 11.1 Å². The van der Waals surface area contributed by atoms with E-state index in [2.05, 4.69) is 10.0 Å². The summed E-state index contributed by atoms with van der Waals surface area (Å²) >= 11 is 0. The van der Waals surface area contributed by atoms with E-state index in [0.29, 0.717) is 17.8 Å². The van der Waals surface area contributed by atoms with Crippen molar-refractivity contribution in [1.82, 2.24) is 10.0 Å². The molecular formula is C28H28F3N3O4S. The fourth-order valence-electron chi connectivity index (χ4n) is 5.69. The zero-order valence-corrected chi connectivity index (χ0v) is 22.0. The highest BCUT2D eigenvalue weighted by Gasteiger charge is 2.46. The summed E-state index contributed by atoms with van der Waals surface area (Å²) in [6.07, 6.45) is -1.05. The minimum Gasteiger partial charge on any atom is -0.508 e. The number of carbonyl (C=O) groups excluding carboxylic acids is 1. The molecule has 0 saturated heterocycles. The molecule has 11 heteroatoms. The predicted octanol–water partition coefficient (Wildman–Crippen LogP) is 5.53. The summed E-state index contributed by atoms with van der Waals surface area (Å²) in [5, 5.41) is 12.6. The van der Waals surface area contributed by atoms with Crippen LogP contribution in [-0.2, 0) is 28.2 Å². The Morgan fingerprint density at radius 3 is 2.36 bits per heavy atom. The standard InChI is InChI=1S/C28H28F3N3O4S/c1-32-39(37,38)21-8-4-18(5-9-21)16-33-26(36)34-17-27(12-2-3-13-27)24-14-19(6-11-25(24)34)22-10-7-20(35)15-23(22)28(29,30)31/h4-11,14-15,32,35H,2-3,12-13,16-17H2,1H3,(H,33,36). The van der Waals surface area contributed by atoms with Gasteiger partial charge in [-0.2, -0.15) is 13.2 Å². The molecule has 39 heavy (non-hydrogen) atoms. The lowest BCUT2D eigenvalue weighted by molar-refractivity contribution is -0.137. The summed E-state index contributed by atoms with van der Waals surface area (Å²) in [7, 11) is -2.23. The number of alkyl halides is 3. The Kier molecular flexibility index (Phi) is 6.84. The summed E-state index contributed by atoms with van der Waals surface area (Å²) in [6, 6.07) is 14.1. The normalized spacial score (nSPS) is 16.5. The molecule has 3 aromatic carbocycles. The van der Waals surface area contributed by atoms with Crippen molar-refractivity contribution in [3.05, 3.63) is 77.4 Å². The fourth-order valence-corrected chi connectivity index (χ4v) is 6.42. The highest BCUT2D eigenvalue weighted by molar-refractivity contribution is 7.89. The second-order valence-electron chi connectivity index (χ2n) is 10.0. The van der Waals surface area contributed by atoms with Gasteiger partial charge in [-0.3, -0.25) is 4.90 Å². The molecule has 3 N–H and O–H groups in total. The number of hydrogen-bond acceptors (Lipinski definition) is 4. The van der Waals surface area contributed by atoms with E-state index in [1.165, 1.54) is 31.3 Å². The van der Waals surface area contributed by atoms with Gasteiger partial charge in [0.15, 0.2) is 0 Å². The van der Waals surface area contributed by atoms with Crippen LogP contribution >= 0.6 is 0 Å². The van der Waals surface area contributed by atoms with E-state index < -0.39 is 27.5 Å². The van der Waals surface area contributed by atoms with Gasteiger partial charge in [-0.15, -0.1) is 0 Å². The van der Waals surface area contributed by atoms with Crippen LogP contribution in [0.3, 0.4) is 0 Å². The summed E-state index contributed by atoms with van der Waals surface area (Å²) in [4.78, 5) is 15.1. The zero-order chi connectivity index (χ0) is 28.0. The smallest absolute Gasteiger partial charge is 0.417 e. The largest absolute Gasteiger partial charge is 0.508 e. The summed E-state index contributed by atoms with van der Waals surface area (Å²) < 4.78 is 67.4. The molecule has 2 aliphatic rings. The van der Waals surface area contributed by atoms with Crippen LogP contribution in [-0.4, -0.2) is 33.1 Å². The number of aromatic hydroxyl groups is 1. The Bertz CT molecular complexity index is 1520. The van der Waals surface area contributed by atoms with Gasteiger partial charge in [-0.05, 0) is 78.5 Å². The van der Waals surface area contributed by atoms with E-state index in [1.54, 1.807) is 35.2 Å². The Morgan fingerprint density at radius 1 is 1.03 bits per heavy atom. The van der Waals surface area contributed by atoms with E-state index >= 15 is 0 Å².